The minimum absolute atomic E-state index is 0.203. The number of aromatic nitrogens is 1. The van der Waals surface area contributed by atoms with E-state index in [-0.39, 0.29) is 11.8 Å². The van der Waals surface area contributed by atoms with E-state index in [4.69, 9.17) is 9.26 Å². The number of urea groups is 1. The fraction of sp³-hybridized carbons (Fsp3) is 0.238. The molecule has 0 unspecified atom stereocenters. The molecule has 2 amide bonds. The summed E-state index contributed by atoms with van der Waals surface area (Å²) in [5, 5.41) is 6.36. The summed E-state index contributed by atoms with van der Waals surface area (Å²) in [4.78, 5) is 16.2. The Kier molecular flexibility index (Phi) is 5.89. The van der Waals surface area contributed by atoms with E-state index in [0.29, 0.717) is 31.2 Å². The zero-order valence-corrected chi connectivity index (χ0v) is 16.1. The average Bonchev–Trinajstić information content (AvgIpc) is 3.25. The molecule has 30 heavy (non-hydrogen) atoms. The molecule has 1 aliphatic heterocycles. The summed E-state index contributed by atoms with van der Waals surface area (Å²) in [5.74, 6) is -0.693. The maximum Gasteiger partial charge on any atom is 0.323 e. The molecule has 0 radical (unpaired) electrons. The van der Waals surface area contributed by atoms with Crippen molar-refractivity contribution in [3.8, 4) is 11.5 Å². The number of hydrogen-bond acceptors (Lipinski definition) is 5. The normalized spacial score (nSPS) is 14.5. The number of anilines is 1. The second kappa shape index (κ2) is 8.91. The first-order valence-electron chi connectivity index (χ1n) is 9.47. The van der Waals surface area contributed by atoms with Crippen molar-refractivity contribution >= 4 is 11.8 Å². The highest BCUT2D eigenvalue weighted by Gasteiger charge is 2.21. The van der Waals surface area contributed by atoms with Gasteiger partial charge in [0.1, 0.15) is 17.8 Å². The van der Waals surface area contributed by atoms with Crippen molar-refractivity contribution < 1.29 is 22.8 Å². The molecule has 1 saturated heterocycles. The summed E-state index contributed by atoms with van der Waals surface area (Å²) in [5.41, 5.74) is 1.02. The Morgan fingerprint density at radius 3 is 2.57 bits per heavy atom. The van der Waals surface area contributed by atoms with E-state index < -0.39 is 11.6 Å². The maximum atomic E-state index is 13.4. The predicted octanol–water partition coefficient (Wildman–Crippen LogP) is 4.09. The van der Waals surface area contributed by atoms with Crippen LogP contribution in [0.15, 0.2) is 59.3 Å². The predicted molar refractivity (Wildman–Crippen MR) is 105 cm³/mol. The fourth-order valence-electron chi connectivity index (χ4n) is 3.22. The standard InChI is InChI=1S/C21H20F2N4O3/c22-18-5-4-17(13-19(18)23)30-16-3-1-2-15(12-16)14-26-7-9-27(10-8-26)21(28)24-20-6-11-29-25-20/h1-6,11-13H,7-10,14H2,(H,24,25,28). The summed E-state index contributed by atoms with van der Waals surface area (Å²) in [6.07, 6.45) is 1.40. The molecule has 0 aliphatic carbocycles. The molecule has 1 fully saturated rings. The van der Waals surface area contributed by atoms with Gasteiger partial charge in [0, 0.05) is 44.9 Å². The van der Waals surface area contributed by atoms with E-state index in [0.717, 1.165) is 30.8 Å². The number of carbonyl (C=O) groups is 1. The molecule has 2 heterocycles. The lowest BCUT2D eigenvalue weighted by Crippen LogP contribution is -2.49. The van der Waals surface area contributed by atoms with Crippen LogP contribution in [0.5, 0.6) is 11.5 Å². The van der Waals surface area contributed by atoms with Gasteiger partial charge in [-0.3, -0.25) is 10.2 Å². The second-order valence-electron chi connectivity index (χ2n) is 6.90. The minimum Gasteiger partial charge on any atom is -0.457 e. The number of hydrogen-bond donors (Lipinski definition) is 1. The molecule has 0 bridgehead atoms. The van der Waals surface area contributed by atoms with E-state index in [1.54, 1.807) is 17.0 Å². The molecule has 0 atom stereocenters. The molecule has 156 valence electrons. The summed E-state index contributed by atoms with van der Waals surface area (Å²) in [6.45, 7) is 3.32. The van der Waals surface area contributed by atoms with Crippen molar-refractivity contribution in [3.63, 3.8) is 0 Å². The molecule has 2 aromatic carbocycles. The van der Waals surface area contributed by atoms with Crippen LogP contribution in [-0.4, -0.2) is 47.2 Å². The third-order valence-electron chi connectivity index (χ3n) is 4.76. The summed E-state index contributed by atoms with van der Waals surface area (Å²) >= 11 is 0. The highest BCUT2D eigenvalue weighted by molar-refractivity contribution is 5.88. The van der Waals surface area contributed by atoms with Crippen LogP contribution in [0.2, 0.25) is 0 Å². The zero-order valence-electron chi connectivity index (χ0n) is 16.1. The van der Waals surface area contributed by atoms with Crippen LogP contribution in [0.4, 0.5) is 19.4 Å². The highest BCUT2D eigenvalue weighted by Crippen LogP contribution is 2.24. The van der Waals surface area contributed by atoms with Gasteiger partial charge in [-0.15, -0.1) is 0 Å². The Labute approximate surface area is 171 Å². The van der Waals surface area contributed by atoms with Crippen LogP contribution < -0.4 is 10.1 Å². The molecule has 1 N–H and O–H groups in total. The van der Waals surface area contributed by atoms with Crippen LogP contribution in [0.3, 0.4) is 0 Å². The molecular weight excluding hydrogens is 394 g/mol. The molecule has 3 aromatic rings. The van der Waals surface area contributed by atoms with Crippen molar-refractivity contribution in [2.45, 2.75) is 6.54 Å². The number of piperazine rings is 1. The first-order chi connectivity index (χ1) is 14.6. The van der Waals surface area contributed by atoms with Gasteiger partial charge in [-0.25, -0.2) is 13.6 Å². The Morgan fingerprint density at radius 1 is 1.03 bits per heavy atom. The van der Waals surface area contributed by atoms with Gasteiger partial charge in [0.2, 0.25) is 0 Å². The lowest BCUT2D eigenvalue weighted by Gasteiger charge is -2.34. The summed E-state index contributed by atoms with van der Waals surface area (Å²) < 4.78 is 36.8. The fourth-order valence-corrected chi connectivity index (χ4v) is 3.22. The molecule has 0 spiro atoms. The Hall–Kier alpha value is -3.46. The molecule has 1 aliphatic rings. The second-order valence-corrected chi connectivity index (χ2v) is 6.90. The van der Waals surface area contributed by atoms with Gasteiger partial charge in [0.15, 0.2) is 17.5 Å². The highest BCUT2D eigenvalue weighted by atomic mass is 19.2. The monoisotopic (exact) mass is 414 g/mol. The van der Waals surface area contributed by atoms with Gasteiger partial charge in [0.05, 0.1) is 0 Å². The zero-order chi connectivity index (χ0) is 20.9. The number of nitrogens with zero attached hydrogens (tertiary/aromatic N) is 3. The number of nitrogens with one attached hydrogen (secondary N) is 1. The van der Waals surface area contributed by atoms with Crippen LogP contribution in [-0.2, 0) is 6.54 Å². The Morgan fingerprint density at radius 2 is 1.83 bits per heavy atom. The minimum atomic E-state index is -0.950. The van der Waals surface area contributed by atoms with Gasteiger partial charge in [-0.2, -0.15) is 0 Å². The lowest BCUT2D eigenvalue weighted by molar-refractivity contribution is 0.143. The van der Waals surface area contributed by atoms with Gasteiger partial charge in [-0.1, -0.05) is 17.3 Å². The van der Waals surface area contributed by atoms with Gasteiger partial charge < -0.3 is 14.2 Å². The van der Waals surface area contributed by atoms with Crippen LogP contribution in [0.25, 0.3) is 0 Å². The number of benzene rings is 2. The topological polar surface area (TPSA) is 70.8 Å². The first-order valence-corrected chi connectivity index (χ1v) is 9.47. The van der Waals surface area contributed by atoms with Gasteiger partial charge in [-0.05, 0) is 29.8 Å². The van der Waals surface area contributed by atoms with Crippen LogP contribution >= 0.6 is 0 Å². The van der Waals surface area contributed by atoms with E-state index in [9.17, 15) is 13.6 Å². The van der Waals surface area contributed by atoms with Crippen molar-refractivity contribution in [2.24, 2.45) is 0 Å². The summed E-state index contributed by atoms with van der Waals surface area (Å²) in [7, 11) is 0. The molecule has 0 saturated carbocycles. The van der Waals surface area contributed by atoms with Crippen LogP contribution in [0, 0.1) is 11.6 Å². The molecule has 4 rings (SSSR count). The van der Waals surface area contributed by atoms with Crippen LogP contribution in [0.1, 0.15) is 5.56 Å². The number of carbonyl (C=O) groups excluding carboxylic acids is 1. The van der Waals surface area contributed by atoms with Crippen molar-refractivity contribution in [1.29, 1.82) is 0 Å². The lowest BCUT2D eigenvalue weighted by atomic mass is 10.2. The van der Waals surface area contributed by atoms with E-state index in [1.807, 2.05) is 18.2 Å². The molecule has 1 aromatic heterocycles. The van der Waals surface area contributed by atoms with E-state index in [2.05, 4.69) is 15.4 Å². The maximum absolute atomic E-state index is 13.4. The average molecular weight is 414 g/mol. The third-order valence-corrected chi connectivity index (χ3v) is 4.76. The van der Waals surface area contributed by atoms with E-state index in [1.165, 1.54) is 12.3 Å². The van der Waals surface area contributed by atoms with Crippen molar-refractivity contribution in [3.05, 3.63) is 72.0 Å². The first kappa shape index (κ1) is 19.8. The van der Waals surface area contributed by atoms with Crippen molar-refractivity contribution in [1.82, 2.24) is 15.0 Å². The smallest absolute Gasteiger partial charge is 0.323 e. The van der Waals surface area contributed by atoms with E-state index >= 15 is 0 Å². The molecule has 9 heteroatoms. The molecular formula is C21H20F2N4O3. The Balaban J connectivity index is 1.30. The molecule has 7 nitrogen and oxygen atoms in total. The van der Waals surface area contributed by atoms with Gasteiger partial charge >= 0.3 is 6.03 Å². The number of rotatable bonds is 5. The SMILES string of the molecule is O=C(Nc1ccon1)N1CCN(Cc2cccc(Oc3ccc(F)c(F)c3)c2)CC1. The Bertz CT molecular complexity index is 1010. The number of amides is 2. The van der Waals surface area contributed by atoms with Crippen molar-refractivity contribution in [2.75, 3.05) is 31.5 Å². The summed E-state index contributed by atoms with van der Waals surface area (Å²) in [6, 6.07) is 12.3. The quantitative estimate of drug-likeness (QED) is 0.681. The number of ether oxygens (including phenoxy) is 1. The third kappa shape index (κ3) is 4.93. The number of halogens is 2. The largest absolute Gasteiger partial charge is 0.457 e. The van der Waals surface area contributed by atoms with Gasteiger partial charge in [0.25, 0.3) is 0 Å².